The minimum atomic E-state index is -3.33. The highest BCUT2D eigenvalue weighted by molar-refractivity contribution is 7.91. The lowest BCUT2D eigenvalue weighted by Gasteiger charge is -2.21. The molecule has 0 aliphatic carbocycles. The molecule has 0 radical (unpaired) electrons. The number of carbonyl (C=O) groups is 1. The molecule has 0 saturated carbocycles. The lowest BCUT2D eigenvalue weighted by Crippen LogP contribution is -2.31. The predicted molar refractivity (Wildman–Crippen MR) is 65.8 cm³/mol. The van der Waals surface area contributed by atoms with Gasteiger partial charge in [0, 0.05) is 13.0 Å². The van der Waals surface area contributed by atoms with Crippen LogP contribution in [0.25, 0.3) is 0 Å². The van der Waals surface area contributed by atoms with Gasteiger partial charge in [-0.15, -0.1) is 0 Å². The van der Waals surface area contributed by atoms with Crippen LogP contribution in [0.2, 0.25) is 0 Å². The third kappa shape index (κ3) is 2.20. The predicted octanol–water partition coefficient (Wildman–Crippen LogP) is 1.61. The van der Waals surface area contributed by atoms with E-state index in [0.717, 1.165) is 6.42 Å². The lowest BCUT2D eigenvalue weighted by molar-refractivity contribution is -0.118. The number of rotatable bonds is 2. The summed E-state index contributed by atoms with van der Waals surface area (Å²) in [5, 5.41) is 0. The highest BCUT2D eigenvalue weighted by atomic mass is 32.2. The molecule has 0 fully saturated rings. The summed E-state index contributed by atoms with van der Waals surface area (Å²) in [4.78, 5) is 13.8. The Bertz CT molecular complexity index is 536. The van der Waals surface area contributed by atoms with E-state index in [9.17, 15) is 13.2 Å². The standard InChI is InChI=1S/C12H15NO3S/c1-2-8-13-10-5-3-4-6-11(10)17(15,16)9-7-12(13)14/h3-6H,2,7-9H2,1H3. The van der Waals surface area contributed by atoms with Crippen LogP contribution < -0.4 is 4.90 Å². The zero-order valence-electron chi connectivity index (χ0n) is 9.72. The molecule has 0 N–H and O–H groups in total. The fourth-order valence-electron chi connectivity index (χ4n) is 2.01. The summed E-state index contributed by atoms with van der Waals surface area (Å²) in [7, 11) is -3.33. The van der Waals surface area contributed by atoms with Crippen LogP contribution in [-0.4, -0.2) is 26.6 Å². The summed E-state index contributed by atoms with van der Waals surface area (Å²) < 4.78 is 24.0. The van der Waals surface area contributed by atoms with E-state index in [1.54, 1.807) is 29.2 Å². The molecule has 2 rings (SSSR count). The molecule has 1 heterocycles. The van der Waals surface area contributed by atoms with Gasteiger partial charge in [0.25, 0.3) is 0 Å². The number of sulfone groups is 1. The Labute approximate surface area is 101 Å². The molecule has 0 bridgehead atoms. The molecule has 0 spiro atoms. The maximum Gasteiger partial charge on any atom is 0.228 e. The molecule has 0 atom stereocenters. The number of para-hydroxylation sites is 1. The molecule has 1 aliphatic rings. The molecule has 5 heteroatoms. The van der Waals surface area contributed by atoms with E-state index in [4.69, 9.17) is 0 Å². The van der Waals surface area contributed by atoms with Crippen molar-refractivity contribution in [3.63, 3.8) is 0 Å². The topological polar surface area (TPSA) is 54.5 Å². The largest absolute Gasteiger partial charge is 0.311 e. The zero-order chi connectivity index (χ0) is 12.5. The van der Waals surface area contributed by atoms with Crippen molar-refractivity contribution in [2.75, 3.05) is 17.2 Å². The van der Waals surface area contributed by atoms with Crippen LogP contribution in [-0.2, 0) is 14.6 Å². The molecule has 1 aromatic carbocycles. The van der Waals surface area contributed by atoms with E-state index in [1.807, 2.05) is 6.92 Å². The highest BCUT2D eigenvalue weighted by Crippen LogP contribution is 2.30. The SMILES string of the molecule is CCCN1C(=O)CCS(=O)(=O)c2ccccc21. The van der Waals surface area contributed by atoms with Gasteiger partial charge in [-0.3, -0.25) is 4.79 Å². The average molecular weight is 253 g/mol. The summed E-state index contributed by atoms with van der Waals surface area (Å²) in [6, 6.07) is 6.73. The van der Waals surface area contributed by atoms with E-state index in [1.165, 1.54) is 0 Å². The minimum absolute atomic E-state index is 0.0665. The number of amides is 1. The van der Waals surface area contributed by atoms with Crippen LogP contribution >= 0.6 is 0 Å². The van der Waals surface area contributed by atoms with Gasteiger partial charge in [0.1, 0.15) is 0 Å². The van der Waals surface area contributed by atoms with Crippen LogP contribution in [0.4, 0.5) is 5.69 Å². The first kappa shape index (κ1) is 12.1. The summed E-state index contributed by atoms with van der Waals surface area (Å²) in [5.41, 5.74) is 0.525. The van der Waals surface area contributed by atoms with Crippen LogP contribution in [0, 0.1) is 0 Å². The second-order valence-electron chi connectivity index (χ2n) is 4.08. The minimum Gasteiger partial charge on any atom is -0.311 e. The van der Waals surface area contributed by atoms with Gasteiger partial charge in [-0.05, 0) is 18.6 Å². The van der Waals surface area contributed by atoms with Gasteiger partial charge in [-0.2, -0.15) is 0 Å². The number of benzene rings is 1. The number of carbonyl (C=O) groups excluding carboxylic acids is 1. The van der Waals surface area contributed by atoms with Crippen LogP contribution in [0.15, 0.2) is 29.2 Å². The van der Waals surface area contributed by atoms with Gasteiger partial charge in [0.05, 0.1) is 16.3 Å². The van der Waals surface area contributed by atoms with Gasteiger partial charge in [-0.25, -0.2) is 8.42 Å². The molecule has 0 aromatic heterocycles. The Morgan fingerprint density at radius 3 is 2.71 bits per heavy atom. The number of hydrogen-bond acceptors (Lipinski definition) is 3. The molecule has 92 valence electrons. The summed E-state index contributed by atoms with van der Waals surface area (Å²) >= 11 is 0. The van der Waals surface area contributed by atoms with Gasteiger partial charge in [0.2, 0.25) is 5.91 Å². The highest BCUT2D eigenvalue weighted by Gasteiger charge is 2.29. The van der Waals surface area contributed by atoms with Crippen molar-refractivity contribution in [1.82, 2.24) is 0 Å². The molecule has 0 saturated heterocycles. The van der Waals surface area contributed by atoms with E-state index >= 15 is 0 Å². The third-order valence-corrected chi connectivity index (χ3v) is 4.58. The number of anilines is 1. The fraction of sp³-hybridized carbons (Fsp3) is 0.417. The summed E-state index contributed by atoms with van der Waals surface area (Å²) in [6.45, 7) is 2.53. The molecule has 1 amide bonds. The smallest absolute Gasteiger partial charge is 0.228 e. The number of fused-ring (bicyclic) bond motifs is 1. The second-order valence-corrected chi connectivity index (χ2v) is 6.16. The fourth-order valence-corrected chi connectivity index (χ4v) is 3.46. The Morgan fingerprint density at radius 1 is 1.29 bits per heavy atom. The molecule has 17 heavy (non-hydrogen) atoms. The Hall–Kier alpha value is -1.36. The van der Waals surface area contributed by atoms with E-state index in [0.29, 0.717) is 12.2 Å². The molecule has 0 unspecified atom stereocenters. The number of hydrogen-bond donors (Lipinski definition) is 0. The van der Waals surface area contributed by atoms with Crippen LogP contribution in [0.3, 0.4) is 0 Å². The first-order valence-electron chi connectivity index (χ1n) is 5.68. The van der Waals surface area contributed by atoms with Crippen LogP contribution in [0.5, 0.6) is 0 Å². The maximum atomic E-state index is 12.0. The van der Waals surface area contributed by atoms with E-state index in [2.05, 4.69) is 0 Å². The van der Waals surface area contributed by atoms with Crippen molar-refractivity contribution < 1.29 is 13.2 Å². The maximum absolute atomic E-state index is 12.0. The van der Waals surface area contributed by atoms with Crippen molar-refractivity contribution in [1.29, 1.82) is 0 Å². The molecule has 4 nitrogen and oxygen atoms in total. The quantitative estimate of drug-likeness (QED) is 0.804. The van der Waals surface area contributed by atoms with Gasteiger partial charge < -0.3 is 4.90 Å². The van der Waals surface area contributed by atoms with Crippen molar-refractivity contribution in [2.45, 2.75) is 24.7 Å². The first-order chi connectivity index (χ1) is 8.06. The Kier molecular flexibility index (Phi) is 3.19. The lowest BCUT2D eigenvalue weighted by atomic mass is 10.2. The molecule has 1 aromatic rings. The normalized spacial score (nSPS) is 18.6. The third-order valence-electron chi connectivity index (χ3n) is 2.82. The van der Waals surface area contributed by atoms with Crippen LogP contribution in [0.1, 0.15) is 19.8 Å². The van der Waals surface area contributed by atoms with Gasteiger partial charge in [-0.1, -0.05) is 19.1 Å². The Balaban J connectivity index is 2.60. The van der Waals surface area contributed by atoms with Crippen molar-refractivity contribution in [3.05, 3.63) is 24.3 Å². The second kappa shape index (κ2) is 4.49. The van der Waals surface area contributed by atoms with Crippen molar-refractivity contribution in [3.8, 4) is 0 Å². The monoisotopic (exact) mass is 253 g/mol. The van der Waals surface area contributed by atoms with Crippen molar-refractivity contribution in [2.24, 2.45) is 0 Å². The van der Waals surface area contributed by atoms with Gasteiger partial charge in [0.15, 0.2) is 9.84 Å². The molecule has 1 aliphatic heterocycles. The van der Waals surface area contributed by atoms with Gasteiger partial charge >= 0.3 is 0 Å². The van der Waals surface area contributed by atoms with Crippen molar-refractivity contribution >= 4 is 21.4 Å². The number of nitrogens with zero attached hydrogens (tertiary/aromatic N) is 1. The Morgan fingerprint density at radius 2 is 2.00 bits per heavy atom. The average Bonchev–Trinajstić information content (AvgIpc) is 2.41. The van der Waals surface area contributed by atoms with E-state index in [-0.39, 0.29) is 23.0 Å². The van der Waals surface area contributed by atoms with E-state index < -0.39 is 9.84 Å². The molecular formula is C12H15NO3S. The first-order valence-corrected chi connectivity index (χ1v) is 7.33. The molecular weight excluding hydrogens is 238 g/mol. The summed E-state index contributed by atoms with van der Waals surface area (Å²) in [6.07, 6.45) is 0.872. The summed E-state index contributed by atoms with van der Waals surface area (Å²) in [5.74, 6) is -0.205. The zero-order valence-corrected chi connectivity index (χ0v) is 10.5.